The van der Waals surface area contributed by atoms with Crippen LogP contribution in [0.25, 0.3) is 0 Å². The lowest BCUT2D eigenvalue weighted by Gasteiger charge is -2.31. The Kier molecular flexibility index (Phi) is 4.99. The van der Waals surface area contributed by atoms with E-state index in [1.54, 1.807) is 0 Å². The number of ketones is 1. The Morgan fingerprint density at radius 2 is 2.22 bits per heavy atom. The standard InChI is InChI=1S/C16H21BrO/c1-2-3-6-12-7-5-10-15(18)16(12)13-8-4-9-14(17)11-13/h4,8-9,11-12,16H,2-3,5-7,10H2,1H3/t12-,16-/m1/s1. The Labute approximate surface area is 118 Å². The van der Waals surface area contributed by atoms with Gasteiger partial charge in [0.1, 0.15) is 5.78 Å². The molecule has 0 bridgehead atoms. The molecule has 0 heterocycles. The Morgan fingerprint density at radius 3 is 2.94 bits per heavy atom. The molecule has 1 saturated carbocycles. The minimum absolute atomic E-state index is 0.141. The highest BCUT2D eigenvalue weighted by Gasteiger charge is 2.32. The van der Waals surface area contributed by atoms with Crippen LogP contribution in [0.3, 0.4) is 0 Å². The van der Waals surface area contributed by atoms with Crippen molar-refractivity contribution in [2.24, 2.45) is 5.92 Å². The van der Waals surface area contributed by atoms with E-state index in [2.05, 4.69) is 35.0 Å². The summed E-state index contributed by atoms with van der Waals surface area (Å²) < 4.78 is 1.08. The van der Waals surface area contributed by atoms with E-state index in [0.29, 0.717) is 11.7 Å². The zero-order chi connectivity index (χ0) is 13.0. The van der Waals surface area contributed by atoms with Crippen LogP contribution in [-0.2, 0) is 4.79 Å². The van der Waals surface area contributed by atoms with Gasteiger partial charge in [-0.25, -0.2) is 0 Å². The maximum atomic E-state index is 12.3. The number of halogens is 1. The van der Waals surface area contributed by atoms with Gasteiger partial charge in [0.05, 0.1) is 0 Å². The minimum atomic E-state index is 0.141. The fourth-order valence-corrected chi connectivity index (χ4v) is 3.48. The molecule has 0 radical (unpaired) electrons. The highest BCUT2D eigenvalue weighted by atomic mass is 79.9. The van der Waals surface area contributed by atoms with Crippen LogP contribution in [-0.4, -0.2) is 5.78 Å². The summed E-state index contributed by atoms with van der Waals surface area (Å²) in [5.41, 5.74) is 1.20. The molecule has 2 heteroatoms. The van der Waals surface area contributed by atoms with Crippen molar-refractivity contribution in [2.45, 2.75) is 51.4 Å². The van der Waals surface area contributed by atoms with Gasteiger partial charge < -0.3 is 0 Å². The number of Topliss-reactive ketones (excluding diaryl/α,β-unsaturated/α-hetero) is 1. The number of hydrogen-bond acceptors (Lipinski definition) is 1. The SMILES string of the molecule is CCCC[C@@H]1CCCC(=O)[C@H]1c1cccc(Br)c1. The number of hydrogen-bond donors (Lipinski definition) is 0. The summed E-state index contributed by atoms with van der Waals surface area (Å²) in [6.45, 7) is 2.22. The van der Waals surface area contributed by atoms with Crippen molar-refractivity contribution in [3.8, 4) is 0 Å². The van der Waals surface area contributed by atoms with Crippen molar-refractivity contribution in [3.63, 3.8) is 0 Å². The first-order chi connectivity index (χ1) is 8.72. The van der Waals surface area contributed by atoms with Gasteiger partial charge in [0.15, 0.2) is 0 Å². The molecule has 0 unspecified atom stereocenters. The van der Waals surface area contributed by atoms with Gasteiger partial charge in [-0.3, -0.25) is 4.79 Å². The second-order valence-corrected chi connectivity index (χ2v) is 6.21. The predicted molar refractivity (Wildman–Crippen MR) is 78.8 cm³/mol. The third kappa shape index (κ3) is 3.23. The van der Waals surface area contributed by atoms with Crippen LogP contribution in [0, 0.1) is 5.92 Å². The average Bonchev–Trinajstić information content (AvgIpc) is 2.36. The molecule has 0 N–H and O–H groups in total. The van der Waals surface area contributed by atoms with Crippen molar-refractivity contribution in [3.05, 3.63) is 34.3 Å². The maximum absolute atomic E-state index is 12.3. The van der Waals surface area contributed by atoms with E-state index < -0.39 is 0 Å². The van der Waals surface area contributed by atoms with E-state index in [1.165, 1.54) is 31.2 Å². The Bertz CT molecular complexity index is 413. The summed E-state index contributed by atoms with van der Waals surface area (Å²) in [5, 5.41) is 0. The highest BCUT2D eigenvalue weighted by molar-refractivity contribution is 9.10. The zero-order valence-electron chi connectivity index (χ0n) is 11.0. The number of carbonyl (C=O) groups excluding carboxylic acids is 1. The van der Waals surface area contributed by atoms with E-state index in [1.807, 2.05) is 12.1 Å². The van der Waals surface area contributed by atoms with E-state index in [4.69, 9.17) is 0 Å². The van der Waals surface area contributed by atoms with Crippen LogP contribution < -0.4 is 0 Å². The van der Waals surface area contributed by atoms with Gasteiger partial charge in [-0.05, 0) is 42.9 Å². The molecule has 1 fully saturated rings. The second kappa shape index (κ2) is 6.51. The van der Waals surface area contributed by atoms with Gasteiger partial charge in [-0.1, -0.05) is 47.8 Å². The van der Waals surface area contributed by atoms with Crippen LogP contribution in [0.5, 0.6) is 0 Å². The molecule has 1 nitrogen and oxygen atoms in total. The summed E-state index contributed by atoms with van der Waals surface area (Å²) in [6, 6.07) is 8.29. The third-order valence-corrected chi connectivity index (χ3v) is 4.45. The third-order valence-electron chi connectivity index (χ3n) is 3.95. The Morgan fingerprint density at radius 1 is 1.39 bits per heavy atom. The molecular weight excluding hydrogens is 288 g/mol. The first-order valence-electron chi connectivity index (χ1n) is 7.00. The molecule has 1 aromatic rings. The summed E-state index contributed by atoms with van der Waals surface area (Å²) in [5.74, 6) is 1.14. The molecule has 2 atom stereocenters. The van der Waals surface area contributed by atoms with Crippen LogP contribution in [0.1, 0.15) is 56.9 Å². The lowest BCUT2D eigenvalue weighted by molar-refractivity contribution is -0.123. The van der Waals surface area contributed by atoms with Gasteiger partial charge in [-0.15, -0.1) is 0 Å². The van der Waals surface area contributed by atoms with Crippen molar-refractivity contribution >= 4 is 21.7 Å². The van der Waals surface area contributed by atoms with Crippen molar-refractivity contribution in [1.29, 1.82) is 0 Å². The van der Waals surface area contributed by atoms with Crippen LogP contribution >= 0.6 is 15.9 Å². The second-order valence-electron chi connectivity index (χ2n) is 5.29. The molecule has 98 valence electrons. The van der Waals surface area contributed by atoms with Crippen LogP contribution in [0.15, 0.2) is 28.7 Å². The maximum Gasteiger partial charge on any atom is 0.140 e. The summed E-state index contributed by atoms with van der Waals surface area (Å²) in [7, 11) is 0. The van der Waals surface area contributed by atoms with Crippen molar-refractivity contribution in [1.82, 2.24) is 0 Å². The molecule has 2 rings (SSSR count). The normalized spacial score (nSPS) is 24.2. The molecule has 0 aliphatic heterocycles. The number of carbonyl (C=O) groups is 1. The lowest BCUT2D eigenvalue weighted by Crippen LogP contribution is -2.26. The van der Waals surface area contributed by atoms with Gasteiger partial charge in [0.2, 0.25) is 0 Å². The molecule has 1 aliphatic rings. The average molecular weight is 309 g/mol. The predicted octanol–water partition coefficient (Wildman–Crippen LogP) is 5.09. The molecular formula is C16H21BrO. The highest BCUT2D eigenvalue weighted by Crippen LogP contribution is 2.38. The molecule has 0 saturated heterocycles. The van der Waals surface area contributed by atoms with Gasteiger partial charge >= 0.3 is 0 Å². The van der Waals surface area contributed by atoms with Crippen molar-refractivity contribution < 1.29 is 4.79 Å². The molecule has 1 aromatic carbocycles. The number of rotatable bonds is 4. The van der Waals surface area contributed by atoms with E-state index in [0.717, 1.165) is 17.3 Å². The molecule has 0 aromatic heterocycles. The zero-order valence-corrected chi connectivity index (χ0v) is 12.6. The summed E-state index contributed by atoms with van der Waals surface area (Å²) in [4.78, 5) is 12.3. The van der Waals surface area contributed by atoms with Crippen LogP contribution in [0.4, 0.5) is 0 Å². The Balaban J connectivity index is 2.21. The monoisotopic (exact) mass is 308 g/mol. The summed E-state index contributed by atoms with van der Waals surface area (Å²) >= 11 is 3.51. The smallest absolute Gasteiger partial charge is 0.140 e. The minimum Gasteiger partial charge on any atom is -0.299 e. The Hall–Kier alpha value is -0.630. The fraction of sp³-hybridized carbons (Fsp3) is 0.562. The summed E-state index contributed by atoms with van der Waals surface area (Å²) in [6.07, 6.45) is 6.71. The first kappa shape index (κ1) is 13.8. The lowest BCUT2D eigenvalue weighted by atomic mass is 9.72. The largest absolute Gasteiger partial charge is 0.299 e. The van der Waals surface area contributed by atoms with Crippen molar-refractivity contribution in [2.75, 3.05) is 0 Å². The van der Waals surface area contributed by atoms with E-state index in [-0.39, 0.29) is 5.92 Å². The van der Waals surface area contributed by atoms with Gasteiger partial charge in [-0.2, -0.15) is 0 Å². The molecule has 0 amide bonds. The molecule has 1 aliphatic carbocycles. The molecule has 0 spiro atoms. The van der Waals surface area contributed by atoms with E-state index >= 15 is 0 Å². The fourth-order valence-electron chi connectivity index (χ4n) is 3.06. The quantitative estimate of drug-likeness (QED) is 0.757. The van der Waals surface area contributed by atoms with Gasteiger partial charge in [0, 0.05) is 16.8 Å². The number of unbranched alkanes of at least 4 members (excludes halogenated alkanes) is 1. The molecule has 18 heavy (non-hydrogen) atoms. The topological polar surface area (TPSA) is 17.1 Å². The van der Waals surface area contributed by atoms with Gasteiger partial charge in [0.25, 0.3) is 0 Å². The first-order valence-corrected chi connectivity index (χ1v) is 7.80. The van der Waals surface area contributed by atoms with E-state index in [9.17, 15) is 4.79 Å². The number of benzene rings is 1. The van der Waals surface area contributed by atoms with Crippen LogP contribution in [0.2, 0.25) is 0 Å².